The van der Waals surface area contributed by atoms with Crippen LogP contribution in [0.1, 0.15) is 42.7 Å². The van der Waals surface area contributed by atoms with Crippen LogP contribution in [0.15, 0.2) is 91.0 Å². The lowest BCUT2D eigenvalue weighted by atomic mass is 9.88. The molecule has 43 heavy (non-hydrogen) atoms. The van der Waals surface area contributed by atoms with Crippen LogP contribution in [0.3, 0.4) is 0 Å². The number of halogens is 1. The van der Waals surface area contributed by atoms with Crippen molar-refractivity contribution in [2.75, 3.05) is 6.61 Å². The summed E-state index contributed by atoms with van der Waals surface area (Å²) < 4.78 is 21.8. The molecule has 0 radical (unpaired) electrons. The molecule has 0 fully saturated rings. The predicted octanol–water partition coefficient (Wildman–Crippen LogP) is 7.26. The van der Waals surface area contributed by atoms with Crippen LogP contribution in [-0.4, -0.2) is 34.0 Å². The van der Waals surface area contributed by atoms with Crippen molar-refractivity contribution in [2.45, 2.75) is 58.7 Å². The first kappa shape index (κ1) is 28.7. The molecule has 1 aliphatic rings. The van der Waals surface area contributed by atoms with Gasteiger partial charge in [0.2, 0.25) is 5.91 Å². The molecule has 4 aromatic carbocycles. The monoisotopic (exact) mass is 576 g/mol. The summed E-state index contributed by atoms with van der Waals surface area (Å²) in [5.74, 6) is -0.713. The summed E-state index contributed by atoms with van der Waals surface area (Å²) in [5, 5.41) is 3.09. The number of ether oxygens (including phenoxy) is 1. The molecular formula is C37H37FN2O3. The lowest BCUT2D eigenvalue weighted by molar-refractivity contribution is -0.143. The Balaban J connectivity index is 1.37. The molecule has 6 heteroatoms. The van der Waals surface area contributed by atoms with Crippen molar-refractivity contribution in [3.8, 4) is 0 Å². The summed E-state index contributed by atoms with van der Waals surface area (Å²) in [6.45, 7) is 4.70. The third-order valence-corrected chi connectivity index (χ3v) is 8.75. The van der Waals surface area contributed by atoms with Crippen molar-refractivity contribution < 1.29 is 18.7 Å². The van der Waals surface area contributed by atoms with Crippen molar-refractivity contribution in [2.24, 2.45) is 5.92 Å². The molecule has 1 heterocycles. The summed E-state index contributed by atoms with van der Waals surface area (Å²) in [6, 6.07) is 29.4. The molecule has 0 unspecified atom stereocenters. The van der Waals surface area contributed by atoms with Crippen LogP contribution in [-0.2, 0) is 46.7 Å². The van der Waals surface area contributed by atoms with E-state index < -0.39 is 0 Å². The molecule has 2 atom stereocenters. The van der Waals surface area contributed by atoms with Crippen molar-refractivity contribution in [3.63, 3.8) is 0 Å². The fourth-order valence-electron chi connectivity index (χ4n) is 6.72. The molecule has 1 aliphatic carbocycles. The van der Waals surface area contributed by atoms with Gasteiger partial charge in [0.15, 0.2) is 0 Å². The van der Waals surface area contributed by atoms with E-state index in [0.717, 1.165) is 50.5 Å². The molecule has 1 aromatic heterocycles. The van der Waals surface area contributed by atoms with Gasteiger partial charge in [-0.15, -0.1) is 0 Å². The summed E-state index contributed by atoms with van der Waals surface area (Å²) in [7, 11) is 0. The van der Waals surface area contributed by atoms with Crippen LogP contribution in [0.25, 0.3) is 21.7 Å². The Morgan fingerprint density at radius 2 is 1.74 bits per heavy atom. The number of nitrogens with zero attached hydrogens (tertiary/aromatic N) is 2. The van der Waals surface area contributed by atoms with Crippen molar-refractivity contribution >= 4 is 33.6 Å². The van der Waals surface area contributed by atoms with Crippen LogP contribution in [0.2, 0.25) is 0 Å². The van der Waals surface area contributed by atoms with E-state index in [-0.39, 0.29) is 36.2 Å². The van der Waals surface area contributed by atoms with Gasteiger partial charge in [0.05, 0.1) is 6.61 Å². The Morgan fingerprint density at radius 1 is 0.977 bits per heavy atom. The Morgan fingerprint density at radius 3 is 2.56 bits per heavy atom. The largest absolute Gasteiger partial charge is 0.465 e. The van der Waals surface area contributed by atoms with Crippen LogP contribution in [0.5, 0.6) is 0 Å². The zero-order valence-electron chi connectivity index (χ0n) is 24.8. The zero-order valence-corrected chi connectivity index (χ0v) is 24.8. The van der Waals surface area contributed by atoms with E-state index in [9.17, 15) is 14.0 Å². The molecule has 5 nitrogen and oxygen atoms in total. The molecule has 0 spiro atoms. The number of carbonyl (C=O) groups is 2. The highest BCUT2D eigenvalue weighted by molar-refractivity contribution is 5.88. The minimum absolute atomic E-state index is 0.0675. The lowest BCUT2D eigenvalue weighted by Gasteiger charge is -2.37. The molecule has 0 bridgehead atoms. The van der Waals surface area contributed by atoms with E-state index in [4.69, 9.17) is 4.74 Å². The number of rotatable bonds is 9. The number of fused-ring (bicyclic) bond motifs is 4. The van der Waals surface area contributed by atoms with E-state index in [1.807, 2.05) is 41.8 Å². The maximum absolute atomic E-state index is 14.6. The number of benzene rings is 4. The number of amides is 1. The molecule has 220 valence electrons. The van der Waals surface area contributed by atoms with E-state index >= 15 is 0 Å². The fourth-order valence-corrected chi connectivity index (χ4v) is 6.72. The number of aromatic nitrogens is 1. The molecule has 0 N–H and O–H groups in total. The second-order valence-electron chi connectivity index (χ2n) is 11.6. The number of esters is 1. The first-order valence-electron chi connectivity index (χ1n) is 15.2. The smallest absolute Gasteiger partial charge is 0.325 e. The van der Waals surface area contributed by atoms with Gasteiger partial charge in [-0.25, -0.2) is 4.39 Å². The molecule has 1 amide bonds. The molecule has 6 rings (SSSR count). The molecule has 5 aromatic rings. The fraction of sp³-hybridized carbons (Fsp3) is 0.297. The average Bonchev–Trinajstić information content (AvgIpc) is 3.31. The molecule has 0 saturated heterocycles. The first-order valence-corrected chi connectivity index (χ1v) is 15.2. The number of hydrogen-bond donors (Lipinski definition) is 0. The normalized spacial score (nSPS) is 15.3. The summed E-state index contributed by atoms with van der Waals surface area (Å²) in [6.07, 6.45) is 2.69. The van der Waals surface area contributed by atoms with E-state index in [1.54, 1.807) is 19.1 Å². The van der Waals surface area contributed by atoms with Crippen molar-refractivity contribution in [1.82, 2.24) is 9.47 Å². The standard InChI is InChI=1S/C37H37FN2O3/c1-3-43-36(41)24-40-34-18-16-29(38)21-32(34)33-22-30(17-19-35(33)40)39(37(42)25(2)20-26-10-5-4-6-11-26)23-28-14-9-13-27-12-7-8-15-31(27)28/h4-16,18,21,25,30H,3,17,19-20,22-24H2,1-2H3/t25-,30-/m0/s1. The Labute approximate surface area is 251 Å². The van der Waals surface area contributed by atoms with Crippen LogP contribution in [0, 0.1) is 11.7 Å². The quantitative estimate of drug-likeness (QED) is 0.174. The minimum atomic E-state index is -0.314. The van der Waals surface area contributed by atoms with Crippen LogP contribution < -0.4 is 0 Å². The topological polar surface area (TPSA) is 51.5 Å². The zero-order chi connectivity index (χ0) is 29.9. The Bertz CT molecular complexity index is 1770. The number of carbonyl (C=O) groups excluding carboxylic acids is 2. The summed E-state index contributed by atoms with van der Waals surface area (Å²) in [4.78, 5) is 28.9. The first-order chi connectivity index (χ1) is 20.9. The second kappa shape index (κ2) is 12.4. The highest BCUT2D eigenvalue weighted by atomic mass is 19.1. The van der Waals surface area contributed by atoms with E-state index in [2.05, 4.69) is 47.4 Å². The third-order valence-electron chi connectivity index (χ3n) is 8.75. The SMILES string of the molecule is CCOC(=O)Cn1c2c(c3cc(F)ccc31)C[C@@H](N(Cc1cccc3ccccc13)C(=O)[C@@H](C)Cc1ccccc1)CC2. The van der Waals surface area contributed by atoms with Gasteiger partial charge in [-0.3, -0.25) is 9.59 Å². The van der Waals surface area contributed by atoms with Gasteiger partial charge in [-0.2, -0.15) is 0 Å². The van der Waals surface area contributed by atoms with Crippen LogP contribution >= 0.6 is 0 Å². The Kier molecular flexibility index (Phi) is 8.28. The third kappa shape index (κ3) is 5.92. The Hall–Kier alpha value is -4.45. The van der Waals surface area contributed by atoms with Crippen LogP contribution in [0.4, 0.5) is 4.39 Å². The predicted molar refractivity (Wildman–Crippen MR) is 168 cm³/mol. The van der Waals surface area contributed by atoms with Gasteiger partial charge in [-0.1, -0.05) is 79.7 Å². The van der Waals surface area contributed by atoms with Gasteiger partial charge in [0, 0.05) is 35.1 Å². The van der Waals surface area contributed by atoms with E-state index in [0.29, 0.717) is 32.4 Å². The highest BCUT2D eigenvalue weighted by Crippen LogP contribution is 2.36. The number of hydrogen-bond acceptors (Lipinski definition) is 3. The summed E-state index contributed by atoms with van der Waals surface area (Å²) in [5.41, 5.74) is 5.11. The van der Waals surface area contributed by atoms with Gasteiger partial charge in [0.25, 0.3) is 0 Å². The van der Waals surface area contributed by atoms with Crippen molar-refractivity contribution in [3.05, 3.63) is 119 Å². The maximum atomic E-state index is 14.6. The molecule has 0 aliphatic heterocycles. The van der Waals surface area contributed by atoms with Gasteiger partial charge in [0.1, 0.15) is 12.4 Å². The molecule has 0 saturated carbocycles. The minimum Gasteiger partial charge on any atom is -0.465 e. The van der Waals surface area contributed by atoms with Gasteiger partial charge < -0.3 is 14.2 Å². The van der Waals surface area contributed by atoms with E-state index in [1.165, 1.54) is 6.07 Å². The summed E-state index contributed by atoms with van der Waals surface area (Å²) >= 11 is 0. The van der Waals surface area contributed by atoms with Gasteiger partial charge in [-0.05, 0) is 78.3 Å². The van der Waals surface area contributed by atoms with Gasteiger partial charge >= 0.3 is 5.97 Å². The highest BCUT2D eigenvalue weighted by Gasteiger charge is 2.34. The lowest BCUT2D eigenvalue weighted by Crippen LogP contribution is -2.45. The molecular weight excluding hydrogens is 539 g/mol. The maximum Gasteiger partial charge on any atom is 0.325 e. The average molecular weight is 577 g/mol. The van der Waals surface area contributed by atoms with Crippen molar-refractivity contribution in [1.29, 1.82) is 0 Å². The second-order valence-corrected chi connectivity index (χ2v) is 11.6.